The molecule has 2 N–H and O–H groups in total. The van der Waals surface area contributed by atoms with Crippen molar-refractivity contribution in [2.75, 3.05) is 0 Å². The van der Waals surface area contributed by atoms with Crippen LogP contribution >= 0.6 is 0 Å². The van der Waals surface area contributed by atoms with Gasteiger partial charge in [0, 0.05) is 24.3 Å². The molecule has 1 amide bonds. The lowest BCUT2D eigenvalue weighted by atomic mass is 9.92. The van der Waals surface area contributed by atoms with Gasteiger partial charge in [0.25, 0.3) is 0 Å². The summed E-state index contributed by atoms with van der Waals surface area (Å²) in [5.74, 6) is -0.641. The molecule has 7 heteroatoms. The first kappa shape index (κ1) is 20.5. The van der Waals surface area contributed by atoms with Crippen LogP contribution in [0.15, 0.2) is 36.7 Å². The highest BCUT2D eigenvalue weighted by Crippen LogP contribution is 2.24. The van der Waals surface area contributed by atoms with Gasteiger partial charge in [-0.2, -0.15) is 4.39 Å². The number of aromatic nitrogens is 3. The predicted octanol–water partition coefficient (Wildman–Crippen LogP) is 3.14. The topological polar surface area (TPSA) is 80.0 Å². The molecule has 30 heavy (non-hydrogen) atoms. The SMILES string of the molecule is CCn1ccc2c(Cc3ccnc(F)c3)cc(CC(=O)N[C@H]3CCCC[C@@H]3O)nc21. The van der Waals surface area contributed by atoms with Gasteiger partial charge in [0.2, 0.25) is 11.9 Å². The monoisotopic (exact) mass is 410 g/mol. The minimum Gasteiger partial charge on any atom is -0.391 e. The van der Waals surface area contributed by atoms with Gasteiger partial charge in [-0.25, -0.2) is 9.97 Å². The van der Waals surface area contributed by atoms with E-state index >= 15 is 0 Å². The molecule has 1 fully saturated rings. The fourth-order valence-electron chi connectivity index (χ4n) is 4.25. The fourth-order valence-corrected chi connectivity index (χ4v) is 4.25. The van der Waals surface area contributed by atoms with Gasteiger partial charge in [-0.15, -0.1) is 0 Å². The highest BCUT2D eigenvalue weighted by atomic mass is 19.1. The Morgan fingerprint density at radius 2 is 2.13 bits per heavy atom. The zero-order chi connectivity index (χ0) is 21.1. The molecule has 0 unspecified atom stereocenters. The van der Waals surface area contributed by atoms with E-state index in [1.165, 1.54) is 12.3 Å². The molecule has 3 heterocycles. The number of nitrogens with zero attached hydrogens (tertiary/aromatic N) is 3. The Bertz CT molecular complexity index is 1050. The van der Waals surface area contributed by atoms with Crippen molar-refractivity contribution < 1.29 is 14.3 Å². The lowest BCUT2D eigenvalue weighted by Crippen LogP contribution is -2.45. The smallest absolute Gasteiger partial charge is 0.226 e. The Morgan fingerprint density at radius 1 is 1.30 bits per heavy atom. The Morgan fingerprint density at radius 3 is 2.90 bits per heavy atom. The van der Waals surface area contributed by atoms with Gasteiger partial charge in [0.15, 0.2) is 0 Å². The molecule has 6 nitrogen and oxygen atoms in total. The maximum atomic E-state index is 13.5. The summed E-state index contributed by atoms with van der Waals surface area (Å²) in [6.45, 7) is 2.81. The van der Waals surface area contributed by atoms with E-state index in [1.54, 1.807) is 6.07 Å². The van der Waals surface area contributed by atoms with E-state index in [0.717, 1.165) is 54.4 Å². The van der Waals surface area contributed by atoms with E-state index in [0.29, 0.717) is 12.1 Å². The molecule has 0 aromatic carbocycles. The van der Waals surface area contributed by atoms with Crippen LogP contribution in [0.5, 0.6) is 0 Å². The summed E-state index contributed by atoms with van der Waals surface area (Å²) in [6.07, 6.45) is 7.19. The van der Waals surface area contributed by atoms with Gasteiger partial charge in [0.1, 0.15) is 5.65 Å². The number of hydrogen-bond acceptors (Lipinski definition) is 4. The van der Waals surface area contributed by atoms with E-state index in [4.69, 9.17) is 4.98 Å². The van der Waals surface area contributed by atoms with Gasteiger partial charge < -0.3 is 15.0 Å². The molecule has 0 saturated heterocycles. The summed E-state index contributed by atoms with van der Waals surface area (Å²) >= 11 is 0. The van der Waals surface area contributed by atoms with Crippen LogP contribution in [0.4, 0.5) is 4.39 Å². The third kappa shape index (κ3) is 4.51. The molecule has 0 bridgehead atoms. The number of halogens is 1. The van der Waals surface area contributed by atoms with Crippen molar-refractivity contribution in [1.29, 1.82) is 0 Å². The number of aliphatic hydroxyl groups excluding tert-OH is 1. The molecule has 158 valence electrons. The van der Waals surface area contributed by atoms with Crippen LogP contribution in [0.25, 0.3) is 11.0 Å². The molecule has 3 aromatic heterocycles. The summed E-state index contributed by atoms with van der Waals surface area (Å²) in [6, 6.07) is 6.98. The van der Waals surface area contributed by atoms with E-state index in [-0.39, 0.29) is 18.4 Å². The zero-order valence-electron chi connectivity index (χ0n) is 17.1. The normalized spacial score (nSPS) is 19.2. The van der Waals surface area contributed by atoms with Gasteiger partial charge in [-0.3, -0.25) is 4.79 Å². The van der Waals surface area contributed by atoms with Crippen LogP contribution in [-0.4, -0.2) is 37.7 Å². The molecular formula is C23H27FN4O2. The Kier molecular flexibility index (Phi) is 6.08. The number of amides is 1. The van der Waals surface area contributed by atoms with Crippen molar-refractivity contribution in [3.05, 3.63) is 59.4 Å². The van der Waals surface area contributed by atoms with E-state index < -0.39 is 12.1 Å². The maximum Gasteiger partial charge on any atom is 0.226 e. The number of aliphatic hydroxyl groups is 1. The molecule has 0 aliphatic heterocycles. The van der Waals surface area contributed by atoms with Crippen LogP contribution in [0.2, 0.25) is 0 Å². The fraction of sp³-hybridized carbons (Fsp3) is 0.435. The van der Waals surface area contributed by atoms with E-state index in [1.807, 2.05) is 29.8 Å². The maximum absolute atomic E-state index is 13.5. The van der Waals surface area contributed by atoms with Crippen LogP contribution in [0.3, 0.4) is 0 Å². The summed E-state index contributed by atoms with van der Waals surface area (Å²) < 4.78 is 15.6. The molecule has 0 spiro atoms. The van der Waals surface area contributed by atoms with Crippen LogP contribution in [0.1, 0.15) is 49.4 Å². The number of hydrogen-bond donors (Lipinski definition) is 2. The third-order valence-electron chi connectivity index (χ3n) is 5.81. The Labute approximate surface area is 175 Å². The second kappa shape index (κ2) is 8.92. The number of pyridine rings is 2. The van der Waals surface area contributed by atoms with Crippen molar-refractivity contribution >= 4 is 16.9 Å². The van der Waals surface area contributed by atoms with Crippen molar-refractivity contribution in [3.8, 4) is 0 Å². The minimum absolute atomic E-state index is 0.136. The van der Waals surface area contributed by atoms with Crippen LogP contribution in [0, 0.1) is 5.95 Å². The van der Waals surface area contributed by atoms with Gasteiger partial charge in [-0.05, 0) is 61.6 Å². The molecule has 2 atom stereocenters. The molecule has 3 aromatic rings. The first-order valence-electron chi connectivity index (χ1n) is 10.6. The van der Waals surface area contributed by atoms with Gasteiger partial charge in [-0.1, -0.05) is 12.8 Å². The van der Waals surface area contributed by atoms with Crippen molar-refractivity contribution in [1.82, 2.24) is 19.9 Å². The molecule has 1 saturated carbocycles. The van der Waals surface area contributed by atoms with Crippen molar-refractivity contribution in [2.24, 2.45) is 0 Å². The van der Waals surface area contributed by atoms with Crippen molar-refractivity contribution in [3.63, 3.8) is 0 Å². The Balaban J connectivity index is 1.60. The minimum atomic E-state index is -0.505. The average molecular weight is 410 g/mol. The predicted molar refractivity (Wildman–Crippen MR) is 113 cm³/mol. The van der Waals surface area contributed by atoms with Crippen LogP contribution < -0.4 is 5.32 Å². The largest absolute Gasteiger partial charge is 0.391 e. The van der Waals surface area contributed by atoms with E-state index in [9.17, 15) is 14.3 Å². The molecule has 1 aliphatic carbocycles. The number of nitrogens with one attached hydrogen (secondary N) is 1. The lowest BCUT2D eigenvalue weighted by molar-refractivity contribution is -0.122. The number of fused-ring (bicyclic) bond motifs is 1. The average Bonchev–Trinajstić information content (AvgIpc) is 3.13. The summed E-state index contributed by atoms with van der Waals surface area (Å²) in [5, 5.41) is 14.1. The standard InChI is InChI=1S/C23H27FN4O2/c1-2-28-10-8-18-16(11-15-7-9-25-21(24)12-15)13-17(26-23(18)28)14-22(30)27-19-5-3-4-6-20(19)29/h7-10,12-13,19-20,29H,2-6,11,14H2,1H3,(H,27,30)/t19-,20-/m0/s1. The molecule has 0 radical (unpaired) electrons. The van der Waals surface area contributed by atoms with Crippen molar-refractivity contribution in [2.45, 2.75) is 64.1 Å². The van der Waals surface area contributed by atoms with Crippen LogP contribution in [-0.2, 0) is 24.2 Å². The number of rotatable bonds is 6. The first-order chi connectivity index (χ1) is 14.5. The number of aryl methyl sites for hydroxylation is 1. The Hall–Kier alpha value is -2.80. The van der Waals surface area contributed by atoms with E-state index in [2.05, 4.69) is 10.3 Å². The second-order valence-corrected chi connectivity index (χ2v) is 7.98. The molecular weight excluding hydrogens is 383 g/mol. The number of carbonyl (C=O) groups excluding carboxylic acids is 1. The van der Waals surface area contributed by atoms with Gasteiger partial charge in [0.05, 0.1) is 24.3 Å². The summed E-state index contributed by atoms with van der Waals surface area (Å²) in [7, 11) is 0. The van der Waals surface area contributed by atoms with Gasteiger partial charge >= 0.3 is 0 Å². The highest BCUT2D eigenvalue weighted by Gasteiger charge is 2.24. The summed E-state index contributed by atoms with van der Waals surface area (Å²) in [4.78, 5) is 21.0. The molecule has 1 aliphatic rings. The quantitative estimate of drug-likeness (QED) is 0.612. The zero-order valence-corrected chi connectivity index (χ0v) is 17.1. The number of carbonyl (C=O) groups is 1. The molecule has 4 rings (SSSR count). The summed E-state index contributed by atoms with van der Waals surface area (Å²) in [5.41, 5.74) is 3.31. The lowest BCUT2D eigenvalue weighted by Gasteiger charge is -2.28. The second-order valence-electron chi connectivity index (χ2n) is 7.98. The highest BCUT2D eigenvalue weighted by molar-refractivity contribution is 5.83. The first-order valence-corrected chi connectivity index (χ1v) is 10.6. The third-order valence-corrected chi connectivity index (χ3v) is 5.81.